The average Bonchev–Trinajstić information content (AvgIpc) is 3.08. The highest BCUT2D eigenvalue weighted by molar-refractivity contribution is 7.10. The molecular weight excluding hydrogens is 292 g/mol. The molecular formula is C18H18N2OS. The smallest absolute Gasteiger partial charge is 0.227 e. The Morgan fingerprint density at radius 3 is 2.50 bits per heavy atom. The molecule has 3 rings (SSSR count). The lowest BCUT2D eigenvalue weighted by atomic mass is 9.74. The fraction of sp³-hybridized carbons (Fsp3) is 0.333. The summed E-state index contributed by atoms with van der Waals surface area (Å²) in [6.45, 7) is 1.32. The normalized spacial score (nSPS) is 17.0. The largest absolute Gasteiger partial charge is 0.342 e. The van der Waals surface area contributed by atoms with E-state index in [1.165, 1.54) is 0 Å². The molecule has 0 saturated carbocycles. The van der Waals surface area contributed by atoms with E-state index in [4.69, 9.17) is 0 Å². The zero-order valence-corrected chi connectivity index (χ0v) is 13.2. The van der Waals surface area contributed by atoms with E-state index >= 15 is 0 Å². The molecule has 1 aromatic heterocycles. The Balaban J connectivity index is 1.66. The van der Waals surface area contributed by atoms with Crippen molar-refractivity contribution in [2.45, 2.75) is 24.7 Å². The Labute approximate surface area is 134 Å². The Kier molecular flexibility index (Phi) is 4.26. The molecule has 112 valence electrons. The average molecular weight is 310 g/mol. The van der Waals surface area contributed by atoms with Crippen molar-refractivity contribution in [1.82, 2.24) is 4.90 Å². The first kappa shape index (κ1) is 14.8. The van der Waals surface area contributed by atoms with Crippen LogP contribution in [0.3, 0.4) is 0 Å². The number of carbonyl (C=O) groups excluding carboxylic acids is 1. The van der Waals surface area contributed by atoms with E-state index in [1.807, 2.05) is 52.7 Å². The number of rotatable bonds is 3. The molecule has 0 spiro atoms. The van der Waals surface area contributed by atoms with E-state index in [9.17, 15) is 10.1 Å². The van der Waals surface area contributed by atoms with Gasteiger partial charge in [-0.05, 0) is 29.9 Å². The minimum atomic E-state index is -0.443. The Hall–Kier alpha value is -2.12. The van der Waals surface area contributed by atoms with Crippen molar-refractivity contribution in [3.8, 4) is 6.07 Å². The van der Waals surface area contributed by atoms with Gasteiger partial charge in [0.15, 0.2) is 0 Å². The first-order valence-corrected chi connectivity index (χ1v) is 8.38. The van der Waals surface area contributed by atoms with Crippen molar-refractivity contribution in [2.75, 3.05) is 13.1 Å². The number of hydrogen-bond donors (Lipinski definition) is 0. The summed E-state index contributed by atoms with van der Waals surface area (Å²) in [5.41, 5.74) is 0.629. The molecule has 2 heterocycles. The number of amides is 1. The highest BCUT2D eigenvalue weighted by Gasteiger charge is 2.37. The Morgan fingerprint density at radius 2 is 1.91 bits per heavy atom. The number of benzene rings is 1. The molecule has 0 N–H and O–H groups in total. The zero-order valence-electron chi connectivity index (χ0n) is 12.4. The van der Waals surface area contributed by atoms with Crippen LogP contribution in [-0.2, 0) is 16.6 Å². The Morgan fingerprint density at radius 1 is 1.18 bits per heavy atom. The van der Waals surface area contributed by atoms with E-state index < -0.39 is 5.41 Å². The SMILES string of the molecule is N#CC1(c2ccccc2)CCN(C(=O)Cc2cccs2)CC1. The van der Waals surface area contributed by atoms with Gasteiger partial charge in [0.1, 0.15) is 0 Å². The van der Waals surface area contributed by atoms with Gasteiger partial charge >= 0.3 is 0 Å². The third-order valence-corrected chi connectivity index (χ3v) is 5.29. The molecule has 1 aliphatic rings. The van der Waals surface area contributed by atoms with Crippen LogP contribution in [0.15, 0.2) is 47.8 Å². The number of carbonyl (C=O) groups is 1. The second-order valence-electron chi connectivity index (χ2n) is 5.70. The van der Waals surface area contributed by atoms with Crippen LogP contribution in [0.4, 0.5) is 0 Å². The lowest BCUT2D eigenvalue weighted by Gasteiger charge is -2.37. The van der Waals surface area contributed by atoms with Gasteiger partial charge in [0.25, 0.3) is 0 Å². The summed E-state index contributed by atoms with van der Waals surface area (Å²) in [4.78, 5) is 15.4. The number of hydrogen-bond acceptors (Lipinski definition) is 3. The van der Waals surface area contributed by atoms with Gasteiger partial charge in [0, 0.05) is 18.0 Å². The van der Waals surface area contributed by atoms with Gasteiger partial charge in [-0.2, -0.15) is 5.26 Å². The van der Waals surface area contributed by atoms with Crippen LogP contribution in [0.5, 0.6) is 0 Å². The maximum Gasteiger partial charge on any atom is 0.227 e. The second-order valence-corrected chi connectivity index (χ2v) is 6.73. The van der Waals surface area contributed by atoms with Crippen LogP contribution in [0, 0.1) is 11.3 Å². The van der Waals surface area contributed by atoms with E-state index in [0.29, 0.717) is 32.4 Å². The van der Waals surface area contributed by atoms with Gasteiger partial charge in [0.2, 0.25) is 5.91 Å². The highest BCUT2D eigenvalue weighted by atomic mass is 32.1. The van der Waals surface area contributed by atoms with Crippen molar-refractivity contribution in [1.29, 1.82) is 5.26 Å². The minimum absolute atomic E-state index is 0.169. The first-order valence-electron chi connectivity index (χ1n) is 7.50. The molecule has 1 aliphatic heterocycles. The summed E-state index contributed by atoms with van der Waals surface area (Å²) in [6, 6.07) is 16.4. The van der Waals surface area contributed by atoms with Gasteiger partial charge in [-0.25, -0.2) is 0 Å². The number of piperidine rings is 1. The molecule has 2 aromatic rings. The van der Waals surface area contributed by atoms with Gasteiger partial charge in [-0.3, -0.25) is 4.79 Å². The number of thiophene rings is 1. The monoisotopic (exact) mass is 310 g/mol. The predicted molar refractivity (Wildman–Crippen MR) is 87.6 cm³/mol. The molecule has 22 heavy (non-hydrogen) atoms. The van der Waals surface area contributed by atoms with Crippen LogP contribution >= 0.6 is 11.3 Å². The molecule has 3 nitrogen and oxygen atoms in total. The summed E-state index contributed by atoms with van der Waals surface area (Å²) in [6.07, 6.45) is 1.90. The molecule has 0 bridgehead atoms. The van der Waals surface area contributed by atoms with E-state index in [1.54, 1.807) is 11.3 Å². The third kappa shape index (κ3) is 2.90. The summed E-state index contributed by atoms with van der Waals surface area (Å²) in [7, 11) is 0. The topological polar surface area (TPSA) is 44.1 Å². The quantitative estimate of drug-likeness (QED) is 0.872. The summed E-state index contributed by atoms with van der Waals surface area (Å²) >= 11 is 1.62. The standard InChI is InChI=1S/C18H18N2OS/c19-14-18(15-5-2-1-3-6-15)8-10-20(11-9-18)17(21)13-16-7-4-12-22-16/h1-7,12H,8-11,13H2. The van der Waals surface area contributed by atoms with Gasteiger partial charge in [0.05, 0.1) is 17.9 Å². The summed E-state index contributed by atoms with van der Waals surface area (Å²) < 4.78 is 0. The van der Waals surface area contributed by atoms with Gasteiger partial charge in [-0.15, -0.1) is 11.3 Å². The highest BCUT2D eigenvalue weighted by Crippen LogP contribution is 2.35. The van der Waals surface area contributed by atoms with Crippen molar-refractivity contribution >= 4 is 17.2 Å². The third-order valence-electron chi connectivity index (χ3n) is 4.42. The number of nitriles is 1. The molecule has 0 radical (unpaired) electrons. The lowest BCUT2D eigenvalue weighted by molar-refractivity contribution is -0.131. The van der Waals surface area contributed by atoms with Crippen LogP contribution in [0.2, 0.25) is 0 Å². The van der Waals surface area contributed by atoms with E-state index in [0.717, 1.165) is 10.4 Å². The maximum atomic E-state index is 12.4. The zero-order chi connectivity index (χ0) is 15.4. The van der Waals surface area contributed by atoms with Crippen molar-refractivity contribution < 1.29 is 4.79 Å². The summed E-state index contributed by atoms with van der Waals surface area (Å²) in [5.74, 6) is 0.169. The molecule has 4 heteroatoms. The van der Waals surface area contributed by atoms with Crippen LogP contribution in [-0.4, -0.2) is 23.9 Å². The minimum Gasteiger partial charge on any atom is -0.342 e. The second kappa shape index (κ2) is 6.33. The fourth-order valence-electron chi connectivity index (χ4n) is 3.03. The van der Waals surface area contributed by atoms with Crippen molar-refractivity contribution in [3.05, 3.63) is 58.3 Å². The van der Waals surface area contributed by atoms with Crippen molar-refractivity contribution in [3.63, 3.8) is 0 Å². The van der Waals surface area contributed by atoms with Crippen LogP contribution in [0.25, 0.3) is 0 Å². The molecule has 1 saturated heterocycles. The molecule has 0 unspecified atom stereocenters. The molecule has 1 aromatic carbocycles. The van der Waals surface area contributed by atoms with Crippen LogP contribution in [0.1, 0.15) is 23.3 Å². The maximum absolute atomic E-state index is 12.4. The Bertz CT molecular complexity index is 665. The van der Waals surface area contributed by atoms with Crippen LogP contribution < -0.4 is 0 Å². The molecule has 1 fully saturated rings. The molecule has 0 atom stereocenters. The van der Waals surface area contributed by atoms with Crippen molar-refractivity contribution in [2.24, 2.45) is 0 Å². The molecule has 0 aliphatic carbocycles. The van der Waals surface area contributed by atoms with E-state index in [-0.39, 0.29) is 5.91 Å². The van der Waals surface area contributed by atoms with E-state index in [2.05, 4.69) is 6.07 Å². The first-order chi connectivity index (χ1) is 10.7. The molecule has 1 amide bonds. The predicted octanol–water partition coefficient (Wildman–Crippen LogP) is 3.37. The fourth-order valence-corrected chi connectivity index (χ4v) is 3.73. The lowest BCUT2D eigenvalue weighted by Crippen LogP contribution is -2.45. The summed E-state index contributed by atoms with van der Waals surface area (Å²) in [5, 5.41) is 11.7. The van der Waals surface area contributed by atoms with Gasteiger partial charge < -0.3 is 4.90 Å². The number of nitrogens with zero attached hydrogens (tertiary/aromatic N) is 2. The van der Waals surface area contributed by atoms with Gasteiger partial charge in [-0.1, -0.05) is 36.4 Å². The number of likely N-dealkylation sites (tertiary alicyclic amines) is 1.